The Bertz CT molecular complexity index is 322. The van der Waals surface area contributed by atoms with Crippen LogP contribution in [0.25, 0.3) is 0 Å². The van der Waals surface area contributed by atoms with E-state index in [2.05, 4.69) is 10.5 Å². The van der Waals surface area contributed by atoms with E-state index in [0.29, 0.717) is 13.0 Å². The van der Waals surface area contributed by atoms with Crippen molar-refractivity contribution in [3.8, 4) is 0 Å². The molecule has 1 aliphatic rings. The summed E-state index contributed by atoms with van der Waals surface area (Å²) >= 11 is 0. The summed E-state index contributed by atoms with van der Waals surface area (Å²) in [7, 11) is 0. The quantitative estimate of drug-likeness (QED) is 0.309. The Kier molecular flexibility index (Phi) is 4.44. The van der Waals surface area contributed by atoms with E-state index in [0.717, 1.165) is 0 Å². The van der Waals surface area contributed by atoms with E-state index in [1.165, 1.54) is 0 Å². The minimum atomic E-state index is -4.55. The number of alkyl halides is 3. The highest BCUT2D eigenvalue weighted by Gasteiger charge is 2.45. The van der Waals surface area contributed by atoms with Crippen LogP contribution in [0.1, 0.15) is 20.3 Å². The van der Waals surface area contributed by atoms with Crippen molar-refractivity contribution >= 4 is 5.84 Å². The van der Waals surface area contributed by atoms with Crippen molar-refractivity contribution in [3.05, 3.63) is 0 Å². The minimum Gasteiger partial charge on any atom is -0.409 e. The summed E-state index contributed by atoms with van der Waals surface area (Å²) < 4.78 is 43.4. The van der Waals surface area contributed by atoms with Crippen LogP contribution in [-0.4, -0.2) is 42.0 Å². The summed E-state index contributed by atoms with van der Waals surface area (Å²) in [4.78, 5) is 0. The molecule has 1 aliphatic heterocycles. The summed E-state index contributed by atoms with van der Waals surface area (Å²) in [5.74, 6) is -2.85. The van der Waals surface area contributed by atoms with E-state index < -0.39 is 30.0 Å². The van der Waals surface area contributed by atoms with Crippen LogP contribution in [0, 0.1) is 5.92 Å². The van der Waals surface area contributed by atoms with Crippen LogP contribution in [0.2, 0.25) is 0 Å². The minimum absolute atomic E-state index is 0.182. The third-order valence-electron chi connectivity index (χ3n) is 3.46. The number of rotatable bonds is 4. The molecule has 1 fully saturated rings. The van der Waals surface area contributed by atoms with Crippen LogP contribution in [0.5, 0.6) is 0 Å². The molecule has 5 nitrogen and oxygen atoms in total. The van der Waals surface area contributed by atoms with E-state index in [1.807, 2.05) is 0 Å². The molecular formula is C10H18F3N3O2. The third kappa shape index (κ3) is 3.26. The fourth-order valence-corrected chi connectivity index (χ4v) is 1.86. The third-order valence-corrected chi connectivity index (χ3v) is 3.46. The Morgan fingerprint density at radius 2 is 2.28 bits per heavy atom. The molecule has 0 amide bonds. The maximum atomic E-state index is 12.7. The predicted octanol–water partition coefficient (Wildman–Crippen LogP) is 1.07. The Balaban J connectivity index is 2.69. The van der Waals surface area contributed by atoms with Gasteiger partial charge in [-0.1, -0.05) is 5.16 Å². The van der Waals surface area contributed by atoms with Gasteiger partial charge in [-0.2, -0.15) is 13.2 Å². The van der Waals surface area contributed by atoms with Gasteiger partial charge >= 0.3 is 6.18 Å². The first-order valence-corrected chi connectivity index (χ1v) is 5.61. The van der Waals surface area contributed by atoms with Gasteiger partial charge in [0.25, 0.3) is 0 Å². The van der Waals surface area contributed by atoms with Gasteiger partial charge in [-0.15, -0.1) is 0 Å². The van der Waals surface area contributed by atoms with Gasteiger partial charge in [0, 0.05) is 18.7 Å². The zero-order valence-corrected chi connectivity index (χ0v) is 10.3. The predicted molar refractivity (Wildman–Crippen MR) is 59.4 cm³/mol. The Morgan fingerprint density at radius 3 is 2.67 bits per heavy atom. The molecule has 4 N–H and O–H groups in total. The molecule has 0 spiro atoms. The second-order valence-corrected chi connectivity index (χ2v) is 4.68. The molecule has 8 heteroatoms. The second kappa shape index (κ2) is 5.31. The van der Waals surface area contributed by atoms with Crippen molar-refractivity contribution in [1.82, 2.24) is 5.32 Å². The van der Waals surface area contributed by atoms with Gasteiger partial charge in [-0.3, -0.25) is 0 Å². The van der Waals surface area contributed by atoms with E-state index in [4.69, 9.17) is 15.7 Å². The molecule has 1 saturated heterocycles. The molecule has 0 aromatic heterocycles. The molecule has 1 heterocycles. The first-order chi connectivity index (χ1) is 8.20. The zero-order chi connectivity index (χ0) is 14.0. The number of nitrogens with two attached hydrogens (primary N) is 1. The first kappa shape index (κ1) is 15.0. The highest BCUT2D eigenvalue weighted by atomic mass is 19.4. The fraction of sp³-hybridized carbons (Fsp3) is 0.900. The first-order valence-electron chi connectivity index (χ1n) is 5.61. The number of amidine groups is 1. The molecule has 0 aromatic rings. The number of hydrogen-bond donors (Lipinski definition) is 3. The highest BCUT2D eigenvalue weighted by molar-refractivity contribution is 5.83. The normalized spacial score (nSPS) is 31.6. The number of hydrogen-bond acceptors (Lipinski definition) is 4. The molecule has 0 aromatic carbocycles. The molecular weight excluding hydrogens is 251 g/mol. The molecule has 3 atom stereocenters. The van der Waals surface area contributed by atoms with Gasteiger partial charge in [0.2, 0.25) is 0 Å². The summed E-state index contributed by atoms with van der Waals surface area (Å²) in [6, 6.07) is 0. The highest BCUT2D eigenvalue weighted by Crippen LogP contribution is 2.29. The van der Waals surface area contributed by atoms with Crippen LogP contribution in [0.15, 0.2) is 5.16 Å². The molecule has 106 valence electrons. The maximum absolute atomic E-state index is 12.7. The van der Waals surface area contributed by atoms with Crippen molar-refractivity contribution < 1.29 is 23.1 Å². The van der Waals surface area contributed by atoms with E-state index in [-0.39, 0.29) is 6.10 Å². The second-order valence-electron chi connectivity index (χ2n) is 4.68. The van der Waals surface area contributed by atoms with Crippen molar-refractivity contribution in [1.29, 1.82) is 0 Å². The molecule has 0 radical (unpaired) electrons. The van der Waals surface area contributed by atoms with Crippen molar-refractivity contribution in [2.45, 2.75) is 38.1 Å². The molecule has 0 aliphatic carbocycles. The molecule has 18 heavy (non-hydrogen) atoms. The average molecular weight is 269 g/mol. The lowest BCUT2D eigenvalue weighted by molar-refractivity contribution is -0.156. The SMILES string of the molecule is CC1OCCC1(C)NCC(C(N)=NO)C(F)(F)F. The van der Waals surface area contributed by atoms with Gasteiger partial charge in [-0.25, -0.2) is 0 Å². The smallest absolute Gasteiger partial charge is 0.400 e. The van der Waals surface area contributed by atoms with E-state index in [1.54, 1.807) is 13.8 Å². The van der Waals surface area contributed by atoms with Gasteiger partial charge in [0.1, 0.15) is 5.92 Å². The van der Waals surface area contributed by atoms with Gasteiger partial charge in [0.15, 0.2) is 5.84 Å². The number of nitrogens with zero attached hydrogens (tertiary/aromatic N) is 1. The van der Waals surface area contributed by atoms with Crippen LogP contribution in [0.3, 0.4) is 0 Å². The van der Waals surface area contributed by atoms with Crippen molar-refractivity contribution in [3.63, 3.8) is 0 Å². The number of ether oxygens (including phenoxy) is 1. The van der Waals surface area contributed by atoms with Crippen LogP contribution in [-0.2, 0) is 4.74 Å². The lowest BCUT2D eigenvalue weighted by Crippen LogP contribution is -2.53. The Labute approximate surface area is 103 Å². The lowest BCUT2D eigenvalue weighted by Gasteiger charge is -2.31. The number of nitrogens with one attached hydrogen (secondary N) is 1. The fourth-order valence-electron chi connectivity index (χ4n) is 1.86. The summed E-state index contributed by atoms with van der Waals surface area (Å²) in [5.41, 5.74) is 4.55. The van der Waals surface area contributed by atoms with Gasteiger partial charge < -0.3 is 21.0 Å². The van der Waals surface area contributed by atoms with Gasteiger partial charge in [0.05, 0.1) is 6.10 Å². The van der Waals surface area contributed by atoms with Crippen LogP contribution < -0.4 is 11.1 Å². The zero-order valence-electron chi connectivity index (χ0n) is 10.3. The molecule has 0 bridgehead atoms. The summed E-state index contributed by atoms with van der Waals surface area (Å²) in [6.45, 7) is 3.66. The lowest BCUT2D eigenvalue weighted by atomic mass is 9.93. The topological polar surface area (TPSA) is 79.9 Å². The average Bonchev–Trinajstić information content (AvgIpc) is 2.57. The number of halogens is 3. The largest absolute Gasteiger partial charge is 0.409 e. The summed E-state index contributed by atoms with van der Waals surface area (Å²) in [5, 5.41) is 13.6. The van der Waals surface area contributed by atoms with E-state index in [9.17, 15) is 13.2 Å². The monoisotopic (exact) mass is 269 g/mol. The van der Waals surface area contributed by atoms with Gasteiger partial charge in [-0.05, 0) is 20.3 Å². The van der Waals surface area contributed by atoms with Crippen molar-refractivity contribution in [2.24, 2.45) is 16.8 Å². The van der Waals surface area contributed by atoms with Crippen LogP contribution >= 0.6 is 0 Å². The number of oxime groups is 1. The maximum Gasteiger partial charge on any atom is 0.400 e. The molecule has 1 rings (SSSR count). The van der Waals surface area contributed by atoms with Crippen LogP contribution in [0.4, 0.5) is 13.2 Å². The molecule has 3 unspecified atom stereocenters. The summed E-state index contributed by atoms with van der Waals surface area (Å²) in [6.07, 6.45) is -4.12. The standard InChI is InChI=1S/C10H18F3N3O2/c1-6-9(2,3-4-18-6)15-5-7(8(14)16-17)10(11,12)13/h6-7,15,17H,3-5H2,1-2H3,(H2,14,16). The molecule has 0 saturated carbocycles. The Morgan fingerprint density at radius 1 is 1.67 bits per heavy atom. The van der Waals surface area contributed by atoms with E-state index >= 15 is 0 Å². The Hall–Kier alpha value is -1.02. The van der Waals surface area contributed by atoms with Crippen molar-refractivity contribution in [2.75, 3.05) is 13.2 Å².